The molecular weight excluding hydrogens is 360 g/mol. The monoisotopic (exact) mass is 386 g/mol. The number of nitrogens with one attached hydrogen (secondary N) is 2. The molecule has 0 fully saturated rings. The fraction of sp³-hybridized carbons (Fsp3) is 0.381. The van der Waals surface area contributed by atoms with Gasteiger partial charge < -0.3 is 5.32 Å². The van der Waals surface area contributed by atoms with Crippen molar-refractivity contribution in [1.29, 1.82) is 0 Å². The van der Waals surface area contributed by atoms with E-state index in [4.69, 9.17) is 0 Å². The molecule has 0 aliphatic heterocycles. The molecule has 1 aliphatic carbocycles. The second-order valence-electron chi connectivity index (χ2n) is 7.02. The van der Waals surface area contributed by atoms with Crippen molar-refractivity contribution in [1.82, 2.24) is 4.72 Å². The quantitative estimate of drug-likeness (QED) is 0.789. The molecule has 0 aromatic heterocycles. The van der Waals surface area contributed by atoms with Gasteiger partial charge in [0.2, 0.25) is 15.9 Å². The zero-order chi connectivity index (χ0) is 19.4. The maximum atomic E-state index is 12.8. The Bertz CT molecular complexity index is 921. The molecule has 3 rings (SSSR count). The topological polar surface area (TPSA) is 75.3 Å². The van der Waals surface area contributed by atoms with Gasteiger partial charge in [0, 0.05) is 18.7 Å². The molecule has 0 unspecified atom stereocenters. The van der Waals surface area contributed by atoms with Crippen LogP contribution in [-0.4, -0.2) is 14.3 Å². The van der Waals surface area contributed by atoms with Gasteiger partial charge in [-0.3, -0.25) is 4.79 Å². The Morgan fingerprint density at radius 1 is 1.04 bits per heavy atom. The fourth-order valence-electron chi connectivity index (χ4n) is 3.53. The number of carbonyl (C=O) groups is 1. The maximum absolute atomic E-state index is 12.8. The van der Waals surface area contributed by atoms with Gasteiger partial charge in [0.05, 0.1) is 4.90 Å². The molecule has 2 aromatic rings. The summed E-state index contributed by atoms with van der Waals surface area (Å²) in [4.78, 5) is 11.3. The zero-order valence-corrected chi connectivity index (χ0v) is 16.6. The molecule has 0 spiro atoms. The number of aryl methyl sites for hydroxylation is 2. The van der Waals surface area contributed by atoms with E-state index in [0.29, 0.717) is 12.1 Å². The first kappa shape index (κ1) is 19.6. The van der Waals surface area contributed by atoms with Crippen LogP contribution < -0.4 is 10.0 Å². The van der Waals surface area contributed by atoms with Crippen LogP contribution in [-0.2, 0) is 27.7 Å². The Morgan fingerprint density at radius 3 is 2.33 bits per heavy atom. The molecule has 0 bridgehead atoms. The van der Waals surface area contributed by atoms with E-state index in [1.54, 1.807) is 12.1 Å². The van der Waals surface area contributed by atoms with Gasteiger partial charge in [0.25, 0.3) is 0 Å². The third-order valence-corrected chi connectivity index (χ3v) is 6.45. The summed E-state index contributed by atoms with van der Waals surface area (Å²) in [6.07, 6.45) is 5.27. The zero-order valence-electron chi connectivity index (χ0n) is 15.8. The van der Waals surface area contributed by atoms with Gasteiger partial charge in [-0.05, 0) is 73.1 Å². The summed E-state index contributed by atoms with van der Waals surface area (Å²) in [6, 6.07) is 12.3. The third-order valence-electron chi connectivity index (χ3n) is 4.97. The van der Waals surface area contributed by atoms with Gasteiger partial charge in [0.1, 0.15) is 0 Å². The lowest BCUT2D eigenvalue weighted by Gasteiger charge is -2.21. The van der Waals surface area contributed by atoms with Crippen LogP contribution in [0, 0.1) is 0 Å². The van der Waals surface area contributed by atoms with Crippen LogP contribution in [0.15, 0.2) is 47.4 Å². The Morgan fingerprint density at radius 2 is 1.70 bits per heavy atom. The third kappa shape index (κ3) is 4.76. The van der Waals surface area contributed by atoms with Crippen molar-refractivity contribution < 1.29 is 13.2 Å². The van der Waals surface area contributed by atoms with Crippen molar-refractivity contribution in [2.24, 2.45) is 0 Å². The van der Waals surface area contributed by atoms with E-state index in [1.807, 2.05) is 13.0 Å². The molecular formula is C21H26N2O3S. The first-order valence-electron chi connectivity index (χ1n) is 9.40. The van der Waals surface area contributed by atoms with E-state index in [-0.39, 0.29) is 16.8 Å². The van der Waals surface area contributed by atoms with Gasteiger partial charge in [-0.25, -0.2) is 13.1 Å². The SMILES string of the molecule is CC[C@H](NS(=O)(=O)c1ccc(NC(C)=O)cc1)c1ccc2c(c1)CCCC2. The maximum Gasteiger partial charge on any atom is 0.241 e. The molecule has 0 saturated carbocycles. The van der Waals surface area contributed by atoms with E-state index in [2.05, 4.69) is 22.2 Å². The lowest BCUT2D eigenvalue weighted by atomic mass is 9.89. The number of carbonyl (C=O) groups excluding carboxylic acids is 1. The highest BCUT2D eigenvalue weighted by Crippen LogP contribution is 2.27. The van der Waals surface area contributed by atoms with Crippen LogP contribution in [0.25, 0.3) is 0 Å². The minimum Gasteiger partial charge on any atom is -0.326 e. The van der Waals surface area contributed by atoms with E-state index in [9.17, 15) is 13.2 Å². The van der Waals surface area contributed by atoms with Crippen molar-refractivity contribution in [2.75, 3.05) is 5.32 Å². The number of anilines is 1. The second kappa shape index (κ2) is 8.23. The van der Waals surface area contributed by atoms with Gasteiger partial charge in [-0.2, -0.15) is 0 Å². The molecule has 0 heterocycles. The summed E-state index contributed by atoms with van der Waals surface area (Å²) < 4.78 is 28.4. The Hall–Kier alpha value is -2.18. The minimum absolute atomic E-state index is 0.188. The molecule has 1 amide bonds. The number of hydrogen-bond acceptors (Lipinski definition) is 3. The average Bonchev–Trinajstić information content (AvgIpc) is 2.65. The average molecular weight is 387 g/mol. The largest absolute Gasteiger partial charge is 0.326 e. The van der Waals surface area contributed by atoms with E-state index in [0.717, 1.165) is 18.4 Å². The summed E-state index contributed by atoms with van der Waals surface area (Å²) in [5.74, 6) is -0.192. The highest BCUT2D eigenvalue weighted by molar-refractivity contribution is 7.89. The molecule has 0 radical (unpaired) electrons. The van der Waals surface area contributed by atoms with Crippen molar-refractivity contribution in [3.8, 4) is 0 Å². The lowest BCUT2D eigenvalue weighted by Crippen LogP contribution is -2.28. The van der Waals surface area contributed by atoms with Crippen molar-refractivity contribution >= 4 is 21.6 Å². The van der Waals surface area contributed by atoms with E-state index >= 15 is 0 Å². The van der Waals surface area contributed by atoms with Gasteiger partial charge in [-0.15, -0.1) is 0 Å². The summed E-state index contributed by atoms with van der Waals surface area (Å²) in [6.45, 7) is 3.39. The van der Waals surface area contributed by atoms with E-state index < -0.39 is 10.0 Å². The fourth-order valence-corrected chi connectivity index (χ4v) is 4.84. The molecule has 2 aromatic carbocycles. The first-order chi connectivity index (χ1) is 12.9. The van der Waals surface area contributed by atoms with Crippen LogP contribution in [0.5, 0.6) is 0 Å². The van der Waals surface area contributed by atoms with Gasteiger partial charge in [0.15, 0.2) is 0 Å². The molecule has 5 nitrogen and oxygen atoms in total. The number of amides is 1. The predicted molar refractivity (Wildman–Crippen MR) is 107 cm³/mol. The van der Waals surface area contributed by atoms with Crippen LogP contribution in [0.4, 0.5) is 5.69 Å². The standard InChI is InChI=1S/C21H26N2O3S/c1-3-21(18-9-8-16-6-4-5-7-17(16)14-18)23-27(25,26)20-12-10-19(11-13-20)22-15(2)24/h8-14,21,23H,3-7H2,1-2H3,(H,22,24)/t21-/m0/s1. The van der Waals surface area contributed by atoms with Crippen molar-refractivity contribution in [2.45, 2.75) is 56.9 Å². The Kier molecular flexibility index (Phi) is 5.97. The normalized spacial score (nSPS) is 15.0. The molecule has 27 heavy (non-hydrogen) atoms. The molecule has 144 valence electrons. The Labute approximate surface area is 161 Å². The van der Waals surface area contributed by atoms with E-state index in [1.165, 1.54) is 43.0 Å². The minimum atomic E-state index is -3.65. The summed E-state index contributed by atoms with van der Waals surface area (Å²) in [7, 11) is -3.65. The summed E-state index contributed by atoms with van der Waals surface area (Å²) >= 11 is 0. The summed E-state index contributed by atoms with van der Waals surface area (Å²) in [5, 5.41) is 2.64. The lowest BCUT2D eigenvalue weighted by molar-refractivity contribution is -0.114. The molecule has 0 saturated heterocycles. The highest BCUT2D eigenvalue weighted by atomic mass is 32.2. The van der Waals surface area contributed by atoms with Crippen LogP contribution in [0.3, 0.4) is 0 Å². The van der Waals surface area contributed by atoms with Crippen LogP contribution in [0.2, 0.25) is 0 Å². The van der Waals surface area contributed by atoms with Crippen LogP contribution >= 0.6 is 0 Å². The van der Waals surface area contributed by atoms with Gasteiger partial charge in [-0.1, -0.05) is 25.1 Å². The number of hydrogen-bond donors (Lipinski definition) is 2. The molecule has 6 heteroatoms. The van der Waals surface area contributed by atoms with Crippen LogP contribution in [0.1, 0.15) is 55.8 Å². The number of rotatable bonds is 6. The first-order valence-corrected chi connectivity index (χ1v) is 10.9. The van der Waals surface area contributed by atoms with Gasteiger partial charge >= 0.3 is 0 Å². The highest BCUT2D eigenvalue weighted by Gasteiger charge is 2.21. The second-order valence-corrected chi connectivity index (χ2v) is 8.74. The number of benzene rings is 2. The smallest absolute Gasteiger partial charge is 0.241 e. The number of fused-ring (bicyclic) bond motifs is 1. The Balaban J connectivity index is 1.79. The predicted octanol–water partition coefficient (Wildman–Crippen LogP) is 3.95. The molecule has 1 aliphatic rings. The number of sulfonamides is 1. The molecule has 2 N–H and O–H groups in total. The molecule has 1 atom stereocenters. The van der Waals surface area contributed by atoms with Crippen molar-refractivity contribution in [3.05, 3.63) is 59.2 Å². The van der Waals surface area contributed by atoms with Crippen molar-refractivity contribution in [3.63, 3.8) is 0 Å². The summed E-state index contributed by atoms with van der Waals surface area (Å²) in [5.41, 5.74) is 4.31.